The van der Waals surface area contributed by atoms with Crippen LogP contribution >= 0.6 is 0 Å². The molecule has 7 N–H and O–H groups in total. The fourth-order valence-corrected chi connectivity index (χ4v) is 2.44. The fraction of sp³-hybridized carbons (Fsp3) is 0.450. The first-order valence-corrected chi connectivity index (χ1v) is 9.85. The summed E-state index contributed by atoms with van der Waals surface area (Å²) in [5, 5.41) is 36.4. The van der Waals surface area contributed by atoms with E-state index in [1.165, 1.54) is 6.08 Å². The number of unbranched alkanes of at least 4 members (excludes halogenated alkanes) is 1. The van der Waals surface area contributed by atoms with Gasteiger partial charge in [0.05, 0.1) is 0 Å². The Balaban J connectivity index is 4.46. The molecule has 0 aromatic rings. The second-order valence-electron chi connectivity index (χ2n) is 6.57. The Morgan fingerprint density at radius 2 is 1.50 bits per heavy atom. The Kier molecular flexibility index (Phi) is 14.0. The number of aliphatic carboxylic acids is 3. The molecule has 0 spiro atoms. The van der Waals surface area contributed by atoms with Gasteiger partial charge in [-0.05, 0) is 44.8 Å². The van der Waals surface area contributed by atoms with Crippen LogP contribution in [-0.4, -0.2) is 63.9 Å². The summed E-state index contributed by atoms with van der Waals surface area (Å²) in [5.74, 6) is -3.97. The molecular weight excluding hydrogens is 424 g/mol. The minimum absolute atomic E-state index is 0.0408. The van der Waals surface area contributed by atoms with E-state index in [0.29, 0.717) is 18.5 Å². The highest BCUT2D eigenvalue weighted by Crippen LogP contribution is 2.03. The molecule has 0 rings (SSSR count). The zero-order chi connectivity index (χ0) is 24.5. The maximum atomic E-state index is 11.9. The summed E-state index contributed by atoms with van der Waals surface area (Å²) < 4.78 is 0. The lowest BCUT2D eigenvalue weighted by atomic mass is 10.1. The normalized spacial score (nSPS) is 13.0. The molecular formula is C20H30N4O8. The van der Waals surface area contributed by atoms with Crippen molar-refractivity contribution in [1.29, 1.82) is 0 Å². The van der Waals surface area contributed by atoms with E-state index in [9.17, 15) is 29.1 Å². The summed E-state index contributed by atoms with van der Waals surface area (Å²) in [6.45, 7) is 5.61. The smallest absolute Gasteiger partial charge is 0.326 e. The molecule has 2 atom stereocenters. The van der Waals surface area contributed by atoms with E-state index in [1.54, 1.807) is 25.2 Å². The van der Waals surface area contributed by atoms with Gasteiger partial charge in [-0.3, -0.25) is 4.79 Å². The van der Waals surface area contributed by atoms with Gasteiger partial charge in [0, 0.05) is 18.7 Å². The van der Waals surface area contributed by atoms with Crippen molar-refractivity contribution in [1.82, 2.24) is 21.3 Å². The number of hydrogen-bond donors (Lipinski definition) is 7. The highest BCUT2D eigenvalue weighted by molar-refractivity contribution is 5.86. The van der Waals surface area contributed by atoms with E-state index < -0.39 is 48.5 Å². The Morgan fingerprint density at radius 1 is 0.906 bits per heavy atom. The highest BCUT2D eigenvalue weighted by atomic mass is 16.4. The van der Waals surface area contributed by atoms with Crippen LogP contribution < -0.4 is 21.3 Å². The maximum Gasteiger partial charge on any atom is 0.326 e. The summed E-state index contributed by atoms with van der Waals surface area (Å²) in [6, 6.07) is -4.22. The lowest BCUT2D eigenvalue weighted by Crippen LogP contribution is -2.51. The molecule has 12 nitrogen and oxygen atoms in total. The van der Waals surface area contributed by atoms with Gasteiger partial charge < -0.3 is 36.6 Å². The molecule has 0 bridgehead atoms. The summed E-state index contributed by atoms with van der Waals surface area (Å²) in [7, 11) is 0. The molecule has 0 radical (unpaired) electrons. The molecule has 0 saturated heterocycles. The third-order valence-electron chi connectivity index (χ3n) is 3.96. The lowest BCUT2D eigenvalue weighted by molar-refractivity contribution is -0.140. The van der Waals surface area contributed by atoms with Gasteiger partial charge in [0.2, 0.25) is 0 Å². The first-order valence-electron chi connectivity index (χ1n) is 9.85. The minimum atomic E-state index is -1.47. The van der Waals surface area contributed by atoms with E-state index in [-0.39, 0.29) is 19.4 Å². The molecule has 0 fully saturated rings. The standard InChI is InChI=1S/C20H30N4O8/c1-3-7-13(8-4-2)22-19(31)21-12-6-5-9-14(17(27)28)23-20(32)24-15(18(29)30)10-11-16(25)26/h3-4,7-8,14-15H,1,5-6,9-12H2,2H3,(H,25,26)(H,27,28)(H,29,30)(H2,21,22,31)(H2,23,24,32)/b8-4-,13-7+/t14-,15-/m0/s1. The van der Waals surface area contributed by atoms with Gasteiger partial charge in [-0.2, -0.15) is 0 Å². The van der Waals surface area contributed by atoms with Crippen LogP contribution in [0.1, 0.15) is 39.0 Å². The number of nitrogens with one attached hydrogen (secondary N) is 4. The first kappa shape index (κ1) is 28.2. The monoisotopic (exact) mass is 454 g/mol. The van der Waals surface area contributed by atoms with Crippen LogP contribution in [0, 0.1) is 0 Å². The van der Waals surface area contributed by atoms with Crippen molar-refractivity contribution in [2.24, 2.45) is 0 Å². The molecule has 0 aliphatic rings. The fourth-order valence-electron chi connectivity index (χ4n) is 2.44. The molecule has 0 unspecified atom stereocenters. The Morgan fingerprint density at radius 3 is 2.00 bits per heavy atom. The number of carbonyl (C=O) groups is 5. The first-order chi connectivity index (χ1) is 15.1. The molecule has 0 aliphatic heterocycles. The van der Waals surface area contributed by atoms with E-state index in [2.05, 4.69) is 27.8 Å². The summed E-state index contributed by atoms with van der Waals surface area (Å²) in [6.07, 6.45) is 6.58. The Hall–Kier alpha value is -3.83. The molecule has 32 heavy (non-hydrogen) atoms. The van der Waals surface area contributed by atoms with Crippen molar-refractivity contribution in [3.8, 4) is 0 Å². The zero-order valence-electron chi connectivity index (χ0n) is 17.8. The van der Waals surface area contributed by atoms with Crippen molar-refractivity contribution in [2.75, 3.05) is 6.54 Å². The molecule has 4 amide bonds. The van der Waals surface area contributed by atoms with E-state index in [4.69, 9.17) is 10.2 Å². The van der Waals surface area contributed by atoms with Crippen LogP contribution in [0.4, 0.5) is 9.59 Å². The molecule has 0 aromatic heterocycles. The number of carboxylic acids is 3. The quantitative estimate of drug-likeness (QED) is 0.141. The highest BCUT2D eigenvalue weighted by Gasteiger charge is 2.24. The van der Waals surface area contributed by atoms with Crippen LogP contribution in [-0.2, 0) is 14.4 Å². The van der Waals surface area contributed by atoms with Gasteiger partial charge in [0.1, 0.15) is 12.1 Å². The van der Waals surface area contributed by atoms with Crippen LogP contribution in [0.15, 0.2) is 36.6 Å². The van der Waals surface area contributed by atoms with Gasteiger partial charge in [0.15, 0.2) is 0 Å². The van der Waals surface area contributed by atoms with E-state index in [0.717, 1.165) is 0 Å². The minimum Gasteiger partial charge on any atom is -0.481 e. The summed E-state index contributed by atoms with van der Waals surface area (Å²) in [5.41, 5.74) is 0.546. The second-order valence-corrected chi connectivity index (χ2v) is 6.57. The van der Waals surface area contributed by atoms with Gasteiger partial charge >= 0.3 is 30.0 Å². The maximum absolute atomic E-state index is 11.9. The number of carboxylic acid groups (broad SMARTS) is 3. The van der Waals surface area contributed by atoms with E-state index in [1.807, 2.05) is 0 Å². The SMILES string of the molecule is C=C/C=C(\C=C/C)NC(=O)NCCCC[C@H](NC(=O)N[C@@H](CCC(=O)O)C(=O)O)C(=O)O. The average Bonchev–Trinajstić information content (AvgIpc) is 2.69. The van der Waals surface area contributed by atoms with Crippen LogP contribution in [0.3, 0.4) is 0 Å². The molecule has 0 saturated carbocycles. The van der Waals surface area contributed by atoms with Crippen molar-refractivity contribution in [3.63, 3.8) is 0 Å². The van der Waals surface area contributed by atoms with Gasteiger partial charge in [-0.15, -0.1) is 0 Å². The third-order valence-corrected chi connectivity index (χ3v) is 3.96. The summed E-state index contributed by atoms with van der Waals surface area (Å²) >= 11 is 0. The van der Waals surface area contributed by atoms with Crippen molar-refractivity contribution < 1.29 is 39.3 Å². The van der Waals surface area contributed by atoms with Crippen molar-refractivity contribution in [3.05, 3.63) is 36.6 Å². The lowest BCUT2D eigenvalue weighted by Gasteiger charge is -2.18. The van der Waals surface area contributed by atoms with Crippen LogP contribution in [0.25, 0.3) is 0 Å². The molecule has 0 aliphatic carbocycles. The number of urea groups is 2. The predicted molar refractivity (Wildman–Crippen MR) is 115 cm³/mol. The summed E-state index contributed by atoms with van der Waals surface area (Å²) in [4.78, 5) is 56.8. The third kappa shape index (κ3) is 13.4. The van der Waals surface area contributed by atoms with Gasteiger partial charge in [-0.25, -0.2) is 19.2 Å². The van der Waals surface area contributed by atoms with E-state index >= 15 is 0 Å². The number of rotatable bonds is 15. The zero-order valence-corrected chi connectivity index (χ0v) is 17.8. The molecule has 0 heterocycles. The average molecular weight is 454 g/mol. The largest absolute Gasteiger partial charge is 0.481 e. The number of allylic oxidation sites excluding steroid dienone is 4. The second kappa shape index (κ2) is 15.9. The van der Waals surface area contributed by atoms with Crippen molar-refractivity contribution in [2.45, 2.75) is 51.1 Å². The van der Waals surface area contributed by atoms with Gasteiger partial charge in [0.25, 0.3) is 0 Å². The van der Waals surface area contributed by atoms with Crippen LogP contribution in [0.5, 0.6) is 0 Å². The Bertz CT molecular complexity index is 748. The Labute approximate surface area is 185 Å². The van der Waals surface area contributed by atoms with Crippen LogP contribution in [0.2, 0.25) is 0 Å². The van der Waals surface area contributed by atoms with Gasteiger partial charge in [-0.1, -0.05) is 18.7 Å². The molecule has 12 heteroatoms. The predicted octanol–water partition coefficient (Wildman–Crippen LogP) is 1.17. The number of carbonyl (C=O) groups excluding carboxylic acids is 2. The molecule has 178 valence electrons. The number of amides is 4. The van der Waals surface area contributed by atoms with Crippen molar-refractivity contribution >= 4 is 30.0 Å². The topological polar surface area (TPSA) is 194 Å². The number of hydrogen-bond acceptors (Lipinski definition) is 5. The molecule has 0 aromatic carbocycles.